The van der Waals surface area contributed by atoms with Crippen LogP contribution in [0.15, 0.2) is 30.3 Å². The fourth-order valence-electron chi connectivity index (χ4n) is 1.53. The molecule has 0 atom stereocenters. The Hall–Kier alpha value is -0.270. The molecule has 88 valence electrons. The largest absolute Gasteiger partial charge is 0.122 e. The van der Waals surface area contributed by atoms with Gasteiger partial charge in [0.2, 0.25) is 0 Å². The number of hydrogen-bond donors (Lipinski definition) is 0. The average Bonchev–Trinajstić information content (AvgIpc) is 2.25. The molecule has 0 radical (unpaired) electrons. The van der Waals surface area contributed by atoms with Crippen molar-refractivity contribution in [2.45, 2.75) is 26.2 Å². The first-order valence-electron chi connectivity index (χ1n) is 5.41. The van der Waals surface area contributed by atoms with Gasteiger partial charge in [0.15, 0.2) is 0 Å². The molecule has 0 heterocycles. The van der Waals surface area contributed by atoms with Crippen LogP contribution in [0.2, 0.25) is 0 Å². The van der Waals surface area contributed by atoms with Crippen LogP contribution in [0.3, 0.4) is 0 Å². The second kappa shape index (κ2) is 5.88. The Morgan fingerprint density at radius 2 is 1.81 bits per heavy atom. The molecule has 0 saturated carbocycles. The summed E-state index contributed by atoms with van der Waals surface area (Å²) in [6, 6.07) is 8.72. The van der Waals surface area contributed by atoms with E-state index >= 15 is 0 Å². The average molecular weight is 302 g/mol. The van der Waals surface area contributed by atoms with E-state index in [9.17, 15) is 0 Å². The molecule has 0 nitrogen and oxygen atoms in total. The molecule has 2 heteroatoms. The minimum Gasteiger partial charge on any atom is -0.122 e. The normalized spacial score (nSPS) is 12.9. The Morgan fingerprint density at radius 3 is 2.19 bits per heavy atom. The molecule has 0 fully saturated rings. The van der Waals surface area contributed by atoms with Crippen molar-refractivity contribution in [3.63, 3.8) is 0 Å². The van der Waals surface area contributed by atoms with Gasteiger partial charge in [0.05, 0.1) is 0 Å². The van der Waals surface area contributed by atoms with E-state index in [-0.39, 0.29) is 5.41 Å². The van der Waals surface area contributed by atoms with Crippen LogP contribution in [-0.2, 0) is 5.41 Å². The molecule has 0 aliphatic heterocycles. The predicted octanol–water partition coefficient (Wildman–Crippen LogP) is 5.00. The lowest BCUT2D eigenvalue weighted by atomic mass is 9.86. The van der Waals surface area contributed by atoms with Gasteiger partial charge in [-0.3, -0.25) is 0 Å². The van der Waals surface area contributed by atoms with Crippen LogP contribution in [0.4, 0.5) is 0 Å². The first kappa shape index (κ1) is 13.8. The molecule has 1 rings (SSSR count). The Kier molecular flexibility index (Phi) is 5.07. The number of hydrogen-bond acceptors (Lipinski definition) is 0. The molecule has 0 aliphatic rings. The predicted molar refractivity (Wildman–Crippen MR) is 77.6 cm³/mol. The Morgan fingerprint density at radius 1 is 1.25 bits per heavy atom. The van der Waals surface area contributed by atoms with E-state index in [0.717, 1.165) is 5.33 Å². The summed E-state index contributed by atoms with van der Waals surface area (Å²) in [7, 11) is 0. The number of halogens is 2. The van der Waals surface area contributed by atoms with Gasteiger partial charge in [0.25, 0.3) is 0 Å². The maximum atomic E-state index is 5.73. The monoisotopic (exact) mass is 300 g/mol. The third-order valence-electron chi connectivity index (χ3n) is 2.59. The molecule has 0 unspecified atom stereocenters. The summed E-state index contributed by atoms with van der Waals surface area (Å²) in [4.78, 5) is 0. The van der Waals surface area contributed by atoms with Crippen LogP contribution in [0.25, 0.3) is 5.57 Å². The maximum absolute atomic E-state index is 5.73. The van der Waals surface area contributed by atoms with Gasteiger partial charge in [0, 0.05) is 11.2 Å². The third-order valence-corrected chi connectivity index (χ3v) is 3.35. The van der Waals surface area contributed by atoms with E-state index in [1.807, 2.05) is 6.08 Å². The van der Waals surface area contributed by atoms with Crippen molar-refractivity contribution in [1.29, 1.82) is 0 Å². The van der Waals surface area contributed by atoms with Crippen LogP contribution in [0, 0.1) is 0 Å². The van der Waals surface area contributed by atoms with Gasteiger partial charge in [-0.1, -0.05) is 67.0 Å². The first-order valence-corrected chi connectivity index (χ1v) is 7.06. The Balaban J connectivity index is 2.99. The zero-order chi connectivity index (χ0) is 12.2. The summed E-state index contributed by atoms with van der Waals surface area (Å²) in [6.07, 6.45) is 2.04. The molecule has 1 aromatic carbocycles. The topological polar surface area (TPSA) is 0 Å². The van der Waals surface area contributed by atoms with Crippen molar-refractivity contribution in [1.82, 2.24) is 0 Å². The molecular formula is C14H18BrCl. The highest BCUT2D eigenvalue weighted by Crippen LogP contribution is 2.24. The second-order valence-electron chi connectivity index (χ2n) is 4.84. The van der Waals surface area contributed by atoms with Crippen LogP contribution >= 0.6 is 27.5 Å². The van der Waals surface area contributed by atoms with E-state index in [0.29, 0.717) is 5.88 Å². The molecule has 0 aromatic heterocycles. The van der Waals surface area contributed by atoms with Gasteiger partial charge in [-0.05, 0) is 22.1 Å². The summed E-state index contributed by atoms with van der Waals surface area (Å²) < 4.78 is 0. The van der Waals surface area contributed by atoms with Gasteiger partial charge in [-0.25, -0.2) is 0 Å². The lowest BCUT2D eigenvalue weighted by Gasteiger charge is -2.19. The third kappa shape index (κ3) is 3.64. The van der Waals surface area contributed by atoms with E-state index in [2.05, 4.69) is 61.0 Å². The lowest BCUT2D eigenvalue weighted by Crippen LogP contribution is -2.10. The Bertz CT molecular complexity index is 357. The smallest absolute Gasteiger partial charge is 0.0410 e. The summed E-state index contributed by atoms with van der Waals surface area (Å²) in [5.74, 6) is 0.557. The maximum Gasteiger partial charge on any atom is 0.0410 e. The van der Waals surface area contributed by atoms with Crippen LogP contribution in [0.1, 0.15) is 31.9 Å². The molecule has 0 spiro atoms. The van der Waals surface area contributed by atoms with E-state index in [1.165, 1.54) is 16.7 Å². The van der Waals surface area contributed by atoms with Gasteiger partial charge in [0.1, 0.15) is 0 Å². The van der Waals surface area contributed by atoms with Crippen molar-refractivity contribution >= 4 is 33.1 Å². The molecule has 0 aliphatic carbocycles. The lowest BCUT2D eigenvalue weighted by molar-refractivity contribution is 0.590. The molecule has 0 saturated heterocycles. The standard InChI is InChI=1S/C14H18BrCl/c1-14(2,3)13-6-4-11(5-7-13)12(10-15)8-9-16/h4-8H,9-10H2,1-3H3. The van der Waals surface area contributed by atoms with Crippen LogP contribution in [-0.4, -0.2) is 11.2 Å². The summed E-state index contributed by atoms with van der Waals surface area (Å²) >= 11 is 9.22. The molecular weight excluding hydrogens is 284 g/mol. The van der Waals surface area contributed by atoms with Gasteiger partial charge in [-0.15, -0.1) is 11.6 Å². The van der Waals surface area contributed by atoms with Gasteiger partial charge < -0.3 is 0 Å². The highest BCUT2D eigenvalue weighted by molar-refractivity contribution is 9.09. The van der Waals surface area contributed by atoms with Crippen LogP contribution < -0.4 is 0 Å². The van der Waals surface area contributed by atoms with Crippen molar-refractivity contribution in [2.24, 2.45) is 0 Å². The molecule has 1 aromatic rings. The van der Waals surface area contributed by atoms with Gasteiger partial charge >= 0.3 is 0 Å². The minimum atomic E-state index is 0.212. The van der Waals surface area contributed by atoms with E-state index < -0.39 is 0 Å². The zero-order valence-corrected chi connectivity index (χ0v) is 12.4. The summed E-state index contributed by atoms with van der Waals surface area (Å²) in [5.41, 5.74) is 4.06. The summed E-state index contributed by atoms with van der Waals surface area (Å²) in [6.45, 7) is 6.67. The molecule has 0 amide bonds. The first-order chi connectivity index (χ1) is 7.49. The number of rotatable bonds is 3. The van der Waals surface area contributed by atoms with E-state index in [4.69, 9.17) is 11.6 Å². The zero-order valence-electron chi connectivity index (χ0n) is 10.1. The van der Waals surface area contributed by atoms with Crippen molar-refractivity contribution in [3.8, 4) is 0 Å². The van der Waals surface area contributed by atoms with E-state index in [1.54, 1.807) is 0 Å². The molecule has 0 bridgehead atoms. The number of benzene rings is 1. The highest BCUT2D eigenvalue weighted by atomic mass is 79.9. The fraction of sp³-hybridized carbons (Fsp3) is 0.429. The Labute approximate surface area is 112 Å². The van der Waals surface area contributed by atoms with Crippen molar-refractivity contribution < 1.29 is 0 Å². The van der Waals surface area contributed by atoms with Gasteiger partial charge in [-0.2, -0.15) is 0 Å². The van der Waals surface area contributed by atoms with Crippen molar-refractivity contribution in [2.75, 3.05) is 11.2 Å². The van der Waals surface area contributed by atoms with Crippen LogP contribution in [0.5, 0.6) is 0 Å². The summed E-state index contributed by atoms with van der Waals surface area (Å²) in [5, 5.41) is 0.842. The SMILES string of the molecule is CC(C)(C)c1ccc(C(=CCCl)CBr)cc1. The fourth-order valence-corrected chi connectivity index (χ4v) is 2.27. The second-order valence-corrected chi connectivity index (χ2v) is 5.71. The highest BCUT2D eigenvalue weighted by Gasteiger charge is 2.13. The minimum absolute atomic E-state index is 0.212. The number of allylic oxidation sites excluding steroid dienone is 2. The number of alkyl halides is 2. The van der Waals surface area contributed by atoms with Crippen molar-refractivity contribution in [3.05, 3.63) is 41.5 Å². The molecule has 16 heavy (non-hydrogen) atoms. The molecule has 0 N–H and O–H groups in total. The quantitative estimate of drug-likeness (QED) is 0.689.